The smallest absolute Gasteiger partial charge is 0.276 e. The van der Waals surface area contributed by atoms with Crippen molar-refractivity contribution in [1.82, 2.24) is 15.2 Å². The molecule has 0 fully saturated rings. The fourth-order valence-electron chi connectivity index (χ4n) is 3.03. The lowest BCUT2D eigenvalue weighted by molar-refractivity contribution is -0.0287. The number of benzene rings is 2. The molecule has 31 heavy (non-hydrogen) atoms. The first-order valence-corrected chi connectivity index (χ1v) is 10.7. The van der Waals surface area contributed by atoms with E-state index in [9.17, 15) is 9.00 Å². The number of hydroxylamine groups is 1. The van der Waals surface area contributed by atoms with Gasteiger partial charge in [-0.25, -0.2) is 14.4 Å². The molecule has 0 bridgehead atoms. The van der Waals surface area contributed by atoms with Crippen molar-refractivity contribution in [2.45, 2.75) is 25.6 Å². The summed E-state index contributed by atoms with van der Waals surface area (Å²) in [6.07, 6.45) is 2.74. The molecular weight excluding hydrogens is 416 g/mol. The summed E-state index contributed by atoms with van der Waals surface area (Å²) in [7, 11) is 0. The maximum atomic E-state index is 12.8. The van der Waals surface area contributed by atoms with Crippen LogP contribution < -0.4 is 15.5 Å². The van der Waals surface area contributed by atoms with E-state index in [0.717, 1.165) is 11.1 Å². The Labute approximate surface area is 183 Å². The van der Waals surface area contributed by atoms with Crippen LogP contribution in [0.3, 0.4) is 0 Å². The summed E-state index contributed by atoms with van der Waals surface area (Å²) >= 11 is -2.22. The third kappa shape index (κ3) is 6.69. The van der Waals surface area contributed by atoms with Crippen LogP contribution in [-0.4, -0.2) is 25.7 Å². The fraction of sp³-hybridized carbons (Fsp3) is 0.182. The number of pyridine rings is 1. The molecule has 3 unspecified atom stereocenters. The first-order valence-electron chi connectivity index (χ1n) is 9.64. The van der Waals surface area contributed by atoms with Crippen molar-refractivity contribution in [1.29, 1.82) is 0 Å². The molecule has 0 saturated heterocycles. The number of amides is 1. The van der Waals surface area contributed by atoms with E-state index in [1.54, 1.807) is 31.5 Å². The van der Waals surface area contributed by atoms with Gasteiger partial charge in [-0.1, -0.05) is 42.5 Å². The van der Waals surface area contributed by atoms with Crippen LogP contribution in [0.1, 0.15) is 34.5 Å². The van der Waals surface area contributed by atoms with Crippen molar-refractivity contribution in [3.8, 4) is 0 Å². The first-order chi connectivity index (χ1) is 15.0. The molecule has 1 aromatic heterocycles. The second-order valence-corrected chi connectivity index (χ2v) is 7.52. The number of hydrogen-bond acceptors (Lipinski definition) is 5. The summed E-state index contributed by atoms with van der Waals surface area (Å²) in [4.78, 5) is 22.5. The molecule has 3 aromatic rings. The number of nitrogens with one attached hydrogen (secondary N) is 3. The molecule has 1 heterocycles. The van der Waals surface area contributed by atoms with Crippen molar-refractivity contribution >= 4 is 22.9 Å². The first kappa shape index (κ1) is 22.6. The molecule has 0 saturated carbocycles. The van der Waals surface area contributed by atoms with Gasteiger partial charge in [0.15, 0.2) is 0 Å². The number of para-hydroxylation sites is 1. The number of carbonyl (C=O) groups is 1. The zero-order valence-electron chi connectivity index (χ0n) is 16.9. The van der Waals surface area contributed by atoms with Gasteiger partial charge in [0.05, 0.1) is 11.6 Å². The lowest BCUT2D eigenvalue weighted by Gasteiger charge is -2.24. The molecule has 2 aromatic carbocycles. The lowest BCUT2D eigenvalue weighted by atomic mass is 10.0. The summed E-state index contributed by atoms with van der Waals surface area (Å²) in [5, 5.41) is 3.25. The fourth-order valence-corrected chi connectivity index (χ4v) is 3.47. The molecule has 162 valence electrons. The third-order valence-electron chi connectivity index (χ3n) is 4.55. The van der Waals surface area contributed by atoms with Gasteiger partial charge in [-0.15, -0.1) is 0 Å². The Morgan fingerprint density at radius 2 is 1.74 bits per heavy atom. The van der Waals surface area contributed by atoms with Crippen LogP contribution >= 0.6 is 0 Å². The molecule has 3 atom stereocenters. The van der Waals surface area contributed by atoms with Gasteiger partial charge in [0.1, 0.15) is 6.10 Å². The maximum Gasteiger partial charge on any atom is 0.276 e. The standard InChI is InChI=1S/C22H24N4O4S/c1-16(26-31(28)29)21(18-7-3-2-4-8-18)30-25-22(27)19-9-5-6-10-20(19)24-15-17-11-13-23-14-12-17/h2-14,16,21,24,26H,15H2,1H3,(H,25,27)(H,28,29). The monoisotopic (exact) mass is 440 g/mol. The zero-order valence-corrected chi connectivity index (χ0v) is 17.7. The van der Waals surface area contributed by atoms with Gasteiger partial charge in [-0.2, -0.15) is 0 Å². The van der Waals surface area contributed by atoms with Crippen molar-refractivity contribution < 1.29 is 18.4 Å². The number of carbonyl (C=O) groups excluding carboxylic acids is 1. The Morgan fingerprint density at radius 3 is 2.45 bits per heavy atom. The number of hydrogen-bond donors (Lipinski definition) is 4. The summed E-state index contributed by atoms with van der Waals surface area (Å²) in [6.45, 7) is 2.23. The van der Waals surface area contributed by atoms with Gasteiger partial charge >= 0.3 is 0 Å². The molecule has 0 spiro atoms. The molecule has 8 nitrogen and oxygen atoms in total. The third-order valence-corrected chi connectivity index (χ3v) is 5.12. The van der Waals surface area contributed by atoms with Crippen LogP contribution in [0.25, 0.3) is 0 Å². The van der Waals surface area contributed by atoms with Gasteiger partial charge < -0.3 is 5.32 Å². The lowest BCUT2D eigenvalue weighted by Crippen LogP contribution is -2.38. The van der Waals surface area contributed by atoms with Crippen LogP contribution in [0.2, 0.25) is 0 Å². The van der Waals surface area contributed by atoms with E-state index in [-0.39, 0.29) is 0 Å². The molecule has 3 rings (SSSR count). The Balaban J connectivity index is 1.70. The predicted molar refractivity (Wildman–Crippen MR) is 119 cm³/mol. The summed E-state index contributed by atoms with van der Waals surface area (Å²) < 4.78 is 22.8. The van der Waals surface area contributed by atoms with Gasteiger partial charge in [0.25, 0.3) is 5.91 Å². The van der Waals surface area contributed by atoms with E-state index in [0.29, 0.717) is 17.8 Å². The summed E-state index contributed by atoms with van der Waals surface area (Å²) in [5.41, 5.74) is 5.32. The number of rotatable bonds is 10. The molecule has 0 aliphatic heterocycles. The summed E-state index contributed by atoms with van der Waals surface area (Å²) in [5.74, 6) is -0.434. The minimum atomic E-state index is -2.22. The second kappa shape index (κ2) is 11.3. The van der Waals surface area contributed by atoms with E-state index in [4.69, 9.17) is 9.39 Å². The van der Waals surface area contributed by atoms with Gasteiger partial charge in [-0.05, 0) is 42.3 Å². The largest absolute Gasteiger partial charge is 0.380 e. The topological polar surface area (TPSA) is 113 Å². The van der Waals surface area contributed by atoms with Crippen molar-refractivity contribution in [3.63, 3.8) is 0 Å². The van der Waals surface area contributed by atoms with Gasteiger partial charge in [0, 0.05) is 24.6 Å². The number of anilines is 1. The highest BCUT2D eigenvalue weighted by Gasteiger charge is 2.23. The van der Waals surface area contributed by atoms with E-state index in [1.165, 1.54) is 0 Å². The van der Waals surface area contributed by atoms with Crippen LogP contribution in [0.15, 0.2) is 79.1 Å². The normalized spacial score (nSPS) is 13.7. The molecule has 0 radical (unpaired) electrons. The average molecular weight is 441 g/mol. The molecule has 0 aliphatic carbocycles. The van der Waals surface area contributed by atoms with E-state index >= 15 is 0 Å². The SMILES string of the molecule is CC(NS(=O)O)C(ONC(=O)c1ccccc1NCc1ccncc1)c1ccccc1. The van der Waals surface area contributed by atoms with Crippen LogP contribution in [-0.2, 0) is 22.6 Å². The molecule has 4 N–H and O–H groups in total. The second-order valence-electron chi connectivity index (χ2n) is 6.79. The quantitative estimate of drug-likeness (QED) is 0.284. The highest BCUT2D eigenvalue weighted by Crippen LogP contribution is 2.22. The van der Waals surface area contributed by atoms with Gasteiger partial charge in [0.2, 0.25) is 11.3 Å². The highest BCUT2D eigenvalue weighted by atomic mass is 32.2. The molecular formula is C22H24N4O4S. The van der Waals surface area contributed by atoms with Crippen LogP contribution in [0.5, 0.6) is 0 Å². The number of aromatic nitrogens is 1. The Morgan fingerprint density at radius 1 is 1.06 bits per heavy atom. The summed E-state index contributed by atoms with van der Waals surface area (Å²) in [6, 6.07) is 19.5. The van der Waals surface area contributed by atoms with Crippen LogP contribution in [0, 0.1) is 0 Å². The highest BCUT2D eigenvalue weighted by molar-refractivity contribution is 7.77. The van der Waals surface area contributed by atoms with Gasteiger partial charge in [-0.3, -0.25) is 19.2 Å². The number of nitrogens with zero attached hydrogens (tertiary/aromatic N) is 1. The molecule has 0 aliphatic rings. The van der Waals surface area contributed by atoms with E-state index < -0.39 is 29.3 Å². The Kier molecular flexibility index (Phi) is 8.25. The average Bonchev–Trinajstić information content (AvgIpc) is 2.79. The van der Waals surface area contributed by atoms with E-state index in [1.807, 2.05) is 54.6 Å². The van der Waals surface area contributed by atoms with Crippen molar-refractivity contribution in [2.75, 3.05) is 5.32 Å². The van der Waals surface area contributed by atoms with E-state index in [2.05, 4.69) is 20.5 Å². The zero-order chi connectivity index (χ0) is 22.1. The molecule has 1 amide bonds. The van der Waals surface area contributed by atoms with Crippen molar-refractivity contribution in [2.24, 2.45) is 0 Å². The minimum absolute atomic E-state index is 0.412. The Bertz CT molecular complexity index is 1000. The van der Waals surface area contributed by atoms with Crippen LogP contribution in [0.4, 0.5) is 5.69 Å². The Hall–Kier alpha value is -3.11. The minimum Gasteiger partial charge on any atom is -0.380 e. The van der Waals surface area contributed by atoms with Crippen molar-refractivity contribution in [3.05, 3.63) is 95.8 Å². The molecule has 9 heteroatoms. The maximum absolute atomic E-state index is 12.8. The predicted octanol–water partition coefficient (Wildman–Crippen LogP) is 3.21.